The fourth-order valence-corrected chi connectivity index (χ4v) is 2.10. The maximum Gasteiger partial charge on any atom is 0.125 e. The van der Waals surface area contributed by atoms with Gasteiger partial charge in [0, 0.05) is 12.5 Å². The summed E-state index contributed by atoms with van der Waals surface area (Å²) < 4.78 is 16.5. The third-order valence-corrected chi connectivity index (χ3v) is 3.08. The van der Waals surface area contributed by atoms with Crippen LogP contribution in [0, 0.1) is 0 Å². The molecule has 1 unspecified atom stereocenters. The van der Waals surface area contributed by atoms with Crippen molar-refractivity contribution in [2.75, 3.05) is 14.2 Å². The van der Waals surface area contributed by atoms with Gasteiger partial charge in [0.15, 0.2) is 0 Å². The first-order valence-corrected chi connectivity index (χ1v) is 6.65. The molecule has 1 atom stereocenters. The standard InChI is InChI=1S/C17H20O3/c1-13(20-15-7-5-4-6-8-15)11-14-9-10-16(18-2)12-17(14)19-3/h4-10,12-13H,11H2,1-3H3. The number of rotatable bonds is 6. The first-order valence-electron chi connectivity index (χ1n) is 6.65. The number of hydrogen-bond acceptors (Lipinski definition) is 3. The minimum Gasteiger partial charge on any atom is -0.497 e. The Balaban J connectivity index is 2.05. The maximum absolute atomic E-state index is 5.89. The number of methoxy groups -OCH3 is 2. The van der Waals surface area contributed by atoms with Crippen LogP contribution in [0.4, 0.5) is 0 Å². The Bertz CT molecular complexity index is 537. The molecule has 0 saturated heterocycles. The minimum absolute atomic E-state index is 0.0692. The third kappa shape index (κ3) is 3.67. The van der Waals surface area contributed by atoms with Crippen LogP contribution in [0.2, 0.25) is 0 Å². The smallest absolute Gasteiger partial charge is 0.125 e. The predicted octanol–water partition coefficient (Wildman–Crippen LogP) is 3.71. The van der Waals surface area contributed by atoms with Gasteiger partial charge in [0.25, 0.3) is 0 Å². The van der Waals surface area contributed by atoms with Crippen molar-refractivity contribution in [3.8, 4) is 17.2 Å². The molecule has 3 nitrogen and oxygen atoms in total. The molecular formula is C17H20O3. The van der Waals surface area contributed by atoms with Crippen molar-refractivity contribution in [3.05, 3.63) is 54.1 Å². The van der Waals surface area contributed by atoms with Gasteiger partial charge in [-0.25, -0.2) is 0 Å². The molecule has 0 saturated carbocycles. The van der Waals surface area contributed by atoms with Gasteiger partial charge in [-0.3, -0.25) is 0 Å². The number of para-hydroxylation sites is 1. The van der Waals surface area contributed by atoms with E-state index in [2.05, 4.69) is 6.92 Å². The van der Waals surface area contributed by atoms with Gasteiger partial charge in [-0.15, -0.1) is 0 Å². The molecule has 0 aromatic heterocycles. The highest BCUT2D eigenvalue weighted by atomic mass is 16.5. The van der Waals surface area contributed by atoms with E-state index < -0.39 is 0 Å². The fraction of sp³-hybridized carbons (Fsp3) is 0.294. The lowest BCUT2D eigenvalue weighted by Crippen LogP contribution is -2.15. The molecule has 20 heavy (non-hydrogen) atoms. The Morgan fingerprint density at radius 3 is 2.30 bits per heavy atom. The maximum atomic E-state index is 5.89. The molecule has 0 radical (unpaired) electrons. The van der Waals surface area contributed by atoms with E-state index >= 15 is 0 Å². The van der Waals surface area contributed by atoms with Gasteiger partial charge in [-0.1, -0.05) is 24.3 Å². The average molecular weight is 272 g/mol. The number of hydrogen-bond donors (Lipinski definition) is 0. The van der Waals surface area contributed by atoms with E-state index in [9.17, 15) is 0 Å². The Labute approximate surface area is 120 Å². The van der Waals surface area contributed by atoms with Crippen LogP contribution in [-0.4, -0.2) is 20.3 Å². The number of benzene rings is 2. The highest BCUT2D eigenvalue weighted by molar-refractivity contribution is 5.41. The molecule has 0 spiro atoms. The van der Waals surface area contributed by atoms with E-state index in [-0.39, 0.29) is 6.10 Å². The Kier molecular flexibility index (Phi) is 4.88. The molecule has 0 aliphatic heterocycles. The SMILES string of the molecule is COc1ccc(CC(C)Oc2ccccc2)c(OC)c1. The summed E-state index contributed by atoms with van der Waals surface area (Å²) in [5, 5.41) is 0. The largest absolute Gasteiger partial charge is 0.497 e. The molecule has 2 aromatic rings. The highest BCUT2D eigenvalue weighted by Crippen LogP contribution is 2.26. The zero-order valence-electron chi connectivity index (χ0n) is 12.1. The van der Waals surface area contributed by atoms with Crippen molar-refractivity contribution < 1.29 is 14.2 Å². The molecule has 0 amide bonds. The molecule has 2 aromatic carbocycles. The molecule has 0 bridgehead atoms. The van der Waals surface area contributed by atoms with E-state index in [1.807, 2.05) is 48.5 Å². The molecule has 0 N–H and O–H groups in total. The lowest BCUT2D eigenvalue weighted by Gasteiger charge is -2.17. The van der Waals surface area contributed by atoms with E-state index in [1.54, 1.807) is 14.2 Å². The summed E-state index contributed by atoms with van der Waals surface area (Å²) in [4.78, 5) is 0. The van der Waals surface area contributed by atoms with E-state index in [0.717, 1.165) is 29.2 Å². The minimum atomic E-state index is 0.0692. The van der Waals surface area contributed by atoms with E-state index in [4.69, 9.17) is 14.2 Å². The third-order valence-electron chi connectivity index (χ3n) is 3.08. The van der Waals surface area contributed by atoms with Gasteiger partial charge in [-0.05, 0) is 30.7 Å². The summed E-state index contributed by atoms with van der Waals surface area (Å²) in [6.45, 7) is 2.05. The second kappa shape index (κ2) is 6.85. The highest BCUT2D eigenvalue weighted by Gasteiger charge is 2.11. The van der Waals surface area contributed by atoms with Crippen LogP contribution in [0.1, 0.15) is 12.5 Å². The van der Waals surface area contributed by atoms with Gasteiger partial charge in [-0.2, -0.15) is 0 Å². The fourth-order valence-electron chi connectivity index (χ4n) is 2.10. The van der Waals surface area contributed by atoms with Gasteiger partial charge in [0.05, 0.1) is 14.2 Å². The van der Waals surface area contributed by atoms with Crippen molar-refractivity contribution in [1.82, 2.24) is 0 Å². The number of ether oxygens (including phenoxy) is 3. The quantitative estimate of drug-likeness (QED) is 0.802. The van der Waals surface area contributed by atoms with Gasteiger partial charge in [0.1, 0.15) is 23.4 Å². The summed E-state index contributed by atoms with van der Waals surface area (Å²) in [5.41, 5.74) is 1.11. The Morgan fingerprint density at radius 2 is 1.65 bits per heavy atom. The van der Waals surface area contributed by atoms with Crippen LogP contribution >= 0.6 is 0 Å². The zero-order chi connectivity index (χ0) is 14.4. The monoisotopic (exact) mass is 272 g/mol. The van der Waals surface area contributed by atoms with Crippen LogP contribution in [0.3, 0.4) is 0 Å². The Hall–Kier alpha value is -2.16. The average Bonchev–Trinajstić information content (AvgIpc) is 2.48. The summed E-state index contributed by atoms with van der Waals surface area (Å²) >= 11 is 0. The summed E-state index contributed by atoms with van der Waals surface area (Å²) in [6, 6.07) is 15.7. The lowest BCUT2D eigenvalue weighted by atomic mass is 10.1. The van der Waals surface area contributed by atoms with E-state index in [1.165, 1.54) is 0 Å². The van der Waals surface area contributed by atoms with Crippen molar-refractivity contribution in [2.45, 2.75) is 19.4 Å². The second-order valence-electron chi connectivity index (χ2n) is 4.62. The first-order chi connectivity index (χ1) is 9.72. The normalized spacial score (nSPS) is 11.8. The second-order valence-corrected chi connectivity index (χ2v) is 4.62. The van der Waals surface area contributed by atoms with Crippen molar-refractivity contribution in [1.29, 1.82) is 0 Å². The molecular weight excluding hydrogens is 252 g/mol. The molecule has 0 heterocycles. The molecule has 3 heteroatoms. The topological polar surface area (TPSA) is 27.7 Å². The molecule has 0 aliphatic rings. The van der Waals surface area contributed by atoms with Crippen molar-refractivity contribution in [2.24, 2.45) is 0 Å². The molecule has 106 valence electrons. The summed E-state index contributed by atoms with van der Waals surface area (Å²) in [7, 11) is 3.32. The zero-order valence-corrected chi connectivity index (χ0v) is 12.1. The van der Waals surface area contributed by atoms with E-state index in [0.29, 0.717) is 0 Å². The van der Waals surface area contributed by atoms with Crippen molar-refractivity contribution in [3.63, 3.8) is 0 Å². The van der Waals surface area contributed by atoms with Crippen LogP contribution in [0.25, 0.3) is 0 Å². The van der Waals surface area contributed by atoms with Crippen molar-refractivity contribution >= 4 is 0 Å². The summed E-state index contributed by atoms with van der Waals surface area (Å²) in [5.74, 6) is 2.50. The lowest BCUT2D eigenvalue weighted by molar-refractivity contribution is 0.220. The summed E-state index contributed by atoms with van der Waals surface area (Å²) in [6.07, 6.45) is 0.849. The Morgan fingerprint density at radius 1 is 0.900 bits per heavy atom. The first kappa shape index (κ1) is 14.3. The van der Waals surface area contributed by atoms with Crippen LogP contribution in [0.15, 0.2) is 48.5 Å². The molecule has 0 aliphatic carbocycles. The van der Waals surface area contributed by atoms with Gasteiger partial charge >= 0.3 is 0 Å². The molecule has 2 rings (SSSR count). The predicted molar refractivity (Wildman–Crippen MR) is 79.8 cm³/mol. The molecule has 0 fully saturated rings. The van der Waals surface area contributed by atoms with Gasteiger partial charge < -0.3 is 14.2 Å². The van der Waals surface area contributed by atoms with Gasteiger partial charge in [0.2, 0.25) is 0 Å². The van der Waals surface area contributed by atoms with Crippen LogP contribution in [0.5, 0.6) is 17.2 Å². The van der Waals surface area contributed by atoms with Crippen LogP contribution in [-0.2, 0) is 6.42 Å². The van der Waals surface area contributed by atoms with Crippen LogP contribution < -0.4 is 14.2 Å².